The summed E-state index contributed by atoms with van der Waals surface area (Å²) in [7, 11) is 0. The molecule has 3 saturated heterocycles. The molecule has 0 spiro atoms. The Morgan fingerprint density at radius 1 is 0.900 bits per heavy atom. The molecule has 0 aliphatic carbocycles. The third-order valence-corrected chi connectivity index (χ3v) is 5.85. The number of aromatic nitrogens is 4. The smallest absolute Gasteiger partial charge is 0.350 e. The van der Waals surface area contributed by atoms with Crippen LogP contribution in [0.15, 0.2) is 22.0 Å². The molecular formula is C24H38F2N8O6. The second-order valence-electron chi connectivity index (χ2n) is 8.75. The minimum absolute atomic E-state index is 0.000260. The molecule has 0 bridgehead atoms. The number of nitrogens with two attached hydrogens (primary N) is 1. The number of carbonyl (C=O) groups excluding carboxylic acids is 1. The molecular weight excluding hydrogens is 534 g/mol. The van der Waals surface area contributed by atoms with Crippen molar-refractivity contribution in [3.8, 4) is 0 Å². The number of halogens is 2. The Morgan fingerprint density at radius 2 is 1.48 bits per heavy atom. The summed E-state index contributed by atoms with van der Waals surface area (Å²) in [6, 6.07) is 0. The van der Waals surface area contributed by atoms with Crippen molar-refractivity contribution in [2.45, 2.75) is 25.9 Å². The summed E-state index contributed by atoms with van der Waals surface area (Å²) in [4.78, 5) is 43.3. The Balaban J connectivity index is 0.000000268. The highest BCUT2D eigenvalue weighted by atomic mass is 19.1. The molecule has 0 radical (unpaired) electrons. The van der Waals surface area contributed by atoms with E-state index in [1.165, 1.54) is 30.0 Å². The fraction of sp³-hybridized carbons (Fsp3) is 0.625. The maximum absolute atomic E-state index is 14.2. The van der Waals surface area contributed by atoms with Gasteiger partial charge in [-0.1, -0.05) is 0 Å². The zero-order valence-corrected chi connectivity index (χ0v) is 22.5. The summed E-state index contributed by atoms with van der Waals surface area (Å²) in [5.41, 5.74) is 3.85. The van der Waals surface area contributed by atoms with Gasteiger partial charge in [-0.2, -0.15) is 9.97 Å². The predicted molar refractivity (Wildman–Crippen MR) is 143 cm³/mol. The molecule has 3 aliphatic rings. The first-order valence-electron chi connectivity index (χ1n) is 12.9. The van der Waals surface area contributed by atoms with E-state index < -0.39 is 23.0 Å². The fourth-order valence-corrected chi connectivity index (χ4v) is 3.67. The monoisotopic (exact) mass is 572 g/mol. The minimum atomic E-state index is -0.713. The summed E-state index contributed by atoms with van der Waals surface area (Å²) < 4.78 is 43.2. The van der Waals surface area contributed by atoms with E-state index in [4.69, 9.17) is 24.7 Å². The third kappa shape index (κ3) is 12.3. The molecule has 14 nitrogen and oxygen atoms in total. The first kappa shape index (κ1) is 32.9. The van der Waals surface area contributed by atoms with Crippen LogP contribution in [0.1, 0.15) is 19.3 Å². The average molecular weight is 573 g/mol. The fourth-order valence-electron chi connectivity index (χ4n) is 3.67. The van der Waals surface area contributed by atoms with Crippen molar-refractivity contribution in [2.24, 2.45) is 0 Å². The van der Waals surface area contributed by atoms with Crippen molar-refractivity contribution in [1.29, 1.82) is 0 Å². The van der Waals surface area contributed by atoms with Gasteiger partial charge in [-0.05, 0) is 19.3 Å². The number of hydrogen-bond donors (Lipinski definition) is 3. The molecule has 224 valence electrons. The lowest BCUT2D eigenvalue weighted by molar-refractivity contribution is -0.0980. The topological polar surface area (TPSA) is 170 Å². The number of rotatable bonds is 5. The van der Waals surface area contributed by atoms with Crippen molar-refractivity contribution < 1.29 is 27.8 Å². The van der Waals surface area contributed by atoms with E-state index in [-0.39, 0.29) is 11.6 Å². The number of morpholine rings is 2. The van der Waals surface area contributed by atoms with Crippen LogP contribution >= 0.6 is 0 Å². The third-order valence-electron chi connectivity index (χ3n) is 5.85. The van der Waals surface area contributed by atoms with Crippen LogP contribution in [-0.2, 0) is 25.7 Å². The van der Waals surface area contributed by atoms with Gasteiger partial charge in [0, 0.05) is 45.6 Å². The van der Waals surface area contributed by atoms with Gasteiger partial charge in [0.2, 0.25) is 0 Å². The van der Waals surface area contributed by atoms with Crippen molar-refractivity contribution >= 4 is 18.4 Å². The lowest BCUT2D eigenvalue weighted by Gasteiger charge is -2.27. The van der Waals surface area contributed by atoms with E-state index in [1.807, 2.05) is 16.7 Å². The van der Waals surface area contributed by atoms with Crippen LogP contribution < -0.4 is 22.4 Å². The number of aromatic amines is 1. The molecule has 0 atom stereocenters. The summed E-state index contributed by atoms with van der Waals surface area (Å²) in [6.45, 7) is 10.4. The molecule has 0 aromatic carbocycles. The quantitative estimate of drug-likeness (QED) is 0.434. The van der Waals surface area contributed by atoms with Crippen LogP contribution in [0.4, 0.5) is 20.4 Å². The van der Waals surface area contributed by atoms with Gasteiger partial charge in [-0.15, -0.1) is 0 Å². The molecule has 16 heteroatoms. The van der Waals surface area contributed by atoms with E-state index in [2.05, 4.69) is 20.2 Å². The second-order valence-corrected chi connectivity index (χ2v) is 8.75. The Labute approximate surface area is 230 Å². The van der Waals surface area contributed by atoms with E-state index in [0.29, 0.717) is 39.8 Å². The lowest BCUT2D eigenvalue weighted by Crippen LogP contribution is -2.41. The predicted octanol–water partition coefficient (Wildman–Crippen LogP) is -0.133. The van der Waals surface area contributed by atoms with E-state index >= 15 is 0 Å². The van der Waals surface area contributed by atoms with Crippen LogP contribution in [0.3, 0.4) is 0 Å². The molecule has 0 saturated carbocycles. The first-order valence-corrected chi connectivity index (χ1v) is 12.9. The van der Waals surface area contributed by atoms with E-state index in [0.717, 1.165) is 45.6 Å². The maximum Gasteiger partial charge on any atom is 0.350 e. The molecule has 4 N–H and O–H groups in total. The van der Waals surface area contributed by atoms with Crippen LogP contribution in [0.5, 0.6) is 0 Å². The normalized spacial score (nSPS) is 17.6. The molecule has 5 heterocycles. The zero-order chi connectivity index (χ0) is 29.2. The van der Waals surface area contributed by atoms with Gasteiger partial charge in [0.15, 0.2) is 17.5 Å². The van der Waals surface area contributed by atoms with Crippen molar-refractivity contribution in [3.63, 3.8) is 0 Å². The van der Waals surface area contributed by atoms with Crippen LogP contribution in [0, 0.1) is 11.6 Å². The molecule has 2 aromatic heterocycles. The number of nitrogens with one attached hydrogen (secondary N) is 2. The van der Waals surface area contributed by atoms with Crippen molar-refractivity contribution in [1.82, 2.24) is 29.3 Å². The maximum atomic E-state index is 14.2. The summed E-state index contributed by atoms with van der Waals surface area (Å²) in [5, 5.41) is 2.89. The molecule has 3 fully saturated rings. The van der Waals surface area contributed by atoms with Gasteiger partial charge >= 0.3 is 11.4 Å². The number of hydrogen-bond acceptors (Lipinski definition) is 12. The highest BCUT2D eigenvalue weighted by Gasteiger charge is 2.15. The number of nitrogen functional groups attached to an aromatic ring is 1. The van der Waals surface area contributed by atoms with Gasteiger partial charge in [0.1, 0.15) is 12.6 Å². The highest BCUT2D eigenvalue weighted by molar-refractivity contribution is 5.33. The lowest BCUT2D eigenvalue weighted by atomic mass is 10.2. The Kier molecular flexibility index (Phi) is 15.5. The summed E-state index contributed by atoms with van der Waals surface area (Å²) >= 11 is 0. The standard InChI is InChI=1S/C14H22FN5O3.C5H10O.C4H4FN3O.CH2O/c15-12-9-20(11-19-3-7-23-8-4-19)14(21)17-13(12)16-10-18-1-5-22-6-2-18;1-2-4-6-5-3-1;5-2-1-7-4(9)8-3(2)6;1-2/h9H,1-8,10-11H2,(H,16,17,21);1-5H2;1H,(H3,6,7,8,9);1H2. The molecule has 40 heavy (non-hydrogen) atoms. The molecule has 0 amide bonds. The van der Waals surface area contributed by atoms with Gasteiger partial charge < -0.3 is 30.1 Å². The SMILES string of the molecule is C1CCOCC1.C=O.Nc1[nH]c(=O)ncc1F.O=c1nc(NCN2CCOCC2)c(F)cn1CN1CCOCC1. The van der Waals surface area contributed by atoms with Crippen LogP contribution in [-0.4, -0.2) is 109 Å². The molecule has 0 unspecified atom stereocenters. The molecule has 5 rings (SSSR count). The van der Waals surface area contributed by atoms with Gasteiger partial charge in [0.25, 0.3) is 0 Å². The zero-order valence-electron chi connectivity index (χ0n) is 22.5. The number of nitrogens with zero attached hydrogens (tertiary/aromatic N) is 5. The average Bonchev–Trinajstić information content (AvgIpc) is 3.00. The Hall–Kier alpha value is -3.31. The highest BCUT2D eigenvalue weighted by Crippen LogP contribution is 2.09. The summed E-state index contributed by atoms with van der Waals surface area (Å²) in [6.07, 6.45) is 5.92. The van der Waals surface area contributed by atoms with Crippen LogP contribution in [0.2, 0.25) is 0 Å². The molecule has 2 aromatic rings. The van der Waals surface area contributed by atoms with Gasteiger partial charge in [-0.3, -0.25) is 19.4 Å². The second kappa shape index (κ2) is 18.9. The minimum Gasteiger partial charge on any atom is -0.383 e. The summed E-state index contributed by atoms with van der Waals surface area (Å²) in [5.74, 6) is -1.52. The number of ether oxygens (including phenoxy) is 3. The van der Waals surface area contributed by atoms with Crippen molar-refractivity contribution in [3.05, 3.63) is 45.0 Å². The number of anilines is 2. The Morgan fingerprint density at radius 3 is 1.98 bits per heavy atom. The first-order chi connectivity index (χ1) is 19.4. The van der Waals surface area contributed by atoms with E-state index in [9.17, 15) is 18.4 Å². The van der Waals surface area contributed by atoms with Crippen LogP contribution in [0.25, 0.3) is 0 Å². The number of carbonyl (C=O) groups is 1. The van der Waals surface area contributed by atoms with Gasteiger partial charge in [-0.25, -0.2) is 18.4 Å². The van der Waals surface area contributed by atoms with E-state index in [1.54, 1.807) is 0 Å². The largest absolute Gasteiger partial charge is 0.383 e. The Bertz CT molecular complexity index is 1090. The molecule has 3 aliphatic heterocycles. The van der Waals surface area contributed by atoms with Gasteiger partial charge in [0.05, 0.1) is 46.0 Å². The van der Waals surface area contributed by atoms with Crippen molar-refractivity contribution in [2.75, 3.05) is 83.5 Å². The number of H-pyrrole nitrogens is 1.